The standard InChI is InChI=1S/C13H16ClNO5/c1-2-3-4-20-12-10(13(17)18)5-9(6-11(12)14)7-15(19)8-16/h5-6,8,19H,2-4,7H2,1H3,(H,17,18). The molecule has 1 aromatic carbocycles. The zero-order valence-corrected chi connectivity index (χ0v) is 11.8. The van der Waals surface area contributed by atoms with Gasteiger partial charge in [-0.2, -0.15) is 0 Å². The molecule has 0 fully saturated rings. The second kappa shape index (κ2) is 7.72. The van der Waals surface area contributed by atoms with E-state index in [-0.39, 0.29) is 29.3 Å². The number of amides is 1. The first-order chi connectivity index (χ1) is 9.49. The molecular weight excluding hydrogens is 286 g/mol. The summed E-state index contributed by atoms with van der Waals surface area (Å²) in [5, 5.41) is 18.8. The number of aromatic carboxylic acids is 1. The largest absolute Gasteiger partial charge is 0.491 e. The molecule has 0 heterocycles. The van der Waals surface area contributed by atoms with E-state index < -0.39 is 5.97 Å². The normalized spacial score (nSPS) is 10.2. The lowest BCUT2D eigenvalue weighted by molar-refractivity contribution is -0.152. The molecule has 0 bridgehead atoms. The van der Waals surface area contributed by atoms with E-state index in [1.165, 1.54) is 12.1 Å². The minimum absolute atomic E-state index is 0.0945. The van der Waals surface area contributed by atoms with Crippen molar-refractivity contribution in [2.75, 3.05) is 6.61 Å². The lowest BCUT2D eigenvalue weighted by Crippen LogP contribution is -2.16. The number of carbonyl (C=O) groups is 2. The van der Waals surface area contributed by atoms with Crippen LogP contribution in [0.2, 0.25) is 5.02 Å². The smallest absolute Gasteiger partial charge is 0.339 e. The summed E-state index contributed by atoms with van der Waals surface area (Å²) in [4.78, 5) is 21.6. The van der Waals surface area contributed by atoms with Gasteiger partial charge in [-0.1, -0.05) is 24.9 Å². The van der Waals surface area contributed by atoms with Gasteiger partial charge in [-0.15, -0.1) is 0 Å². The molecule has 0 radical (unpaired) electrons. The Morgan fingerprint density at radius 2 is 2.20 bits per heavy atom. The second-order valence-electron chi connectivity index (χ2n) is 4.16. The third-order valence-corrected chi connectivity index (χ3v) is 2.83. The Labute approximate surface area is 121 Å². The van der Waals surface area contributed by atoms with Crippen molar-refractivity contribution in [1.29, 1.82) is 0 Å². The van der Waals surface area contributed by atoms with Crippen LogP contribution in [0.15, 0.2) is 12.1 Å². The molecular formula is C13H16ClNO5. The predicted molar refractivity (Wildman–Crippen MR) is 72.2 cm³/mol. The van der Waals surface area contributed by atoms with Crippen LogP contribution in [0.4, 0.5) is 0 Å². The van der Waals surface area contributed by atoms with Crippen molar-refractivity contribution >= 4 is 24.0 Å². The highest BCUT2D eigenvalue weighted by molar-refractivity contribution is 6.32. The zero-order valence-electron chi connectivity index (χ0n) is 11.0. The summed E-state index contributed by atoms with van der Waals surface area (Å²) in [6.45, 7) is 2.20. The first-order valence-corrected chi connectivity index (χ1v) is 6.46. The summed E-state index contributed by atoms with van der Waals surface area (Å²) in [6, 6.07) is 2.78. The van der Waals surface area contributed by atoms with Gasteiger partial charge in [-0.3, -0.25) is 10.0 Å². The third-order valence-electron chi connectivity index (χ3n) is 2.54. The fraction of sp³-hybridized carbons (Fsp3) is 0.385. The number of carbonyl (C=O) groups excluding carboxylic acids is 1. The Hall–Kier alpha value is -1.79. The van der Waals surface area contributed by atoms with Crippen LogP contribution < -0.4 is 4.74 Å². The van der Waals surface area contributed by atoms with Gasteiger partial charge in [0, 0.05) is 0 Å². The van der Waals surface area contributed by atoms with Gasteiger partial charge in [0.15, 0.2) is 5.75 Å². The summed E-state index contributed by atoms with van der Waals surface area (Å²) >= 11 is 6.01. The average Bonchev–Trinajstić information content (AvgIpc) is 2.40. The van der Waals surface area contributed by atoms with Crippen LogP contribution in [0, 0.1) is 0 Å². The van der Waals surface area contributed by atoms with Crippen molar-refractivity contribution in [3.05, 3.63) is 28.3 Å². The number of halogens is 1. The summed E-state index contributed by atoms with van der Waals surface area (Å²) < 4.78 is 5.40. The summed E-state index contributed by atoms with van der Waals surface area (Å²) in [5.41, 5.74) is 0.299. The predicted octanol–water partition coefficient (Wildman–Crippen LogP) is 2.56. The molecule has 0 aliphatic rings. The molecule has 1 rings (SSSR count). The molecule has 1 aromatic rings. The maximum Gasteiger partial charge on any atom is 0.339 e. The average molecular weight is 302 g/mol. The van der Waals surface area contributed by atoms with Gasteiger partial charge in [0.05, 0.1) is 18.2 Å². The second-order valence-corrected chi connectivity index (χ2v) is 4.57. The Morgan fingerprint density at radius 1 is 1.50 bits per heavy atom. The number of unbranched alkanes of at least 4 members (excludes halogenated alkanes) is 1. The molecule has 0 atom stereocenters. The number of carboxylic acids is 1. The molecule has 0 spiro atoms. The van der Waals surface area contributed by atoms with Crippen molar-refractivity contribution in [1.82, 2.24) is 5.06 Å². The fourth-order valence-corrected chi connectivity index (χ4v) is 1.89. The molecule has 1 amide bonds. The topological polar surface area (TPSA) is 87.1 Å². The number of hydroxylamine groups is 2. The van der Waals surface area contributed by atoms with Gasteiger partial charge >= 0.3 is 5.97 Å². The van der Waals surface area contributed by atoms with Crippen molar-refractivity contribution < 1.29 is 24.6 Å². The van der Waals surface area contributed by atoms with Gasteiger partial charge in [-0.25, -0.2) is 9.86 Å². The van der Waals surface area contributed by atoms with Crippen LogP contribution in [0.25, 0.3) is 0 Å². The van der Waals surface area contributed by atoms with E-state index in [1.54, 1.807) is 0 Å². The third kappa shape index (κ3) is 4.40. The van der Waals surface area contributed by atoms with Gasteiger partial charge < -0.3 is 9.84 Å². The van der Waals surface area contributed by atoms with Crippen LogP contribution in [0.5, 0.6) is 5.75 Å². The number of hydrogen-bond acceptors (Lipinski definition) is 4. The quantitative estimate of drug-likeness (QED) is 0.333. The van der Waals surface area contributed by atoms with Gasteiger partial charge in [-0.05, 0) is 24.1 Å². The number of ether oxygens (including phenoxy) is 1. The van der Waals surface area contributed by atoms with E-state index in [1.807, 2.05) is 6.92 Å². The van der Waals surface area contributed by atoms with Gasteiger partial charge in [0.2, 0.25) is 6.41 Å². The fourth-order valence-electron chi connectivity index (χ4n) is 1.59. The molecule has 2 N–H and O–H groups in total. The van der Waals surface area contributed by atoms with E-state index in [9.17, 15) is 14.7 Å². The lowest BCUT2D eigenvalue weighted by atomic mass is 10.1. The van der Waals surface area contributed by atoms with E-state index in [0.717, 1.165) is 12.8 Å². The maximum atomic E-state index is 11.2. The highest BCUT2D eigenvalue weighted by atomic mass is 35.5. The summed E-state index contributed by atoms with van der Waals surface area (Å²) in [5.74, 6) is -1.08. The first-order valence-electron chi connectivity index (χ1n) is 6.09. The van der Waals surface area contributed by atoms with Crippen LogP contribution in [-0.2, 0) is 11.3 Å². The lowest BCUT2D eigenvalue weighted by Gasteiger charge is -2.14. The number of hydrogen-bond donors (Lipinski definition) is 2. The number of benzene rings is 1. The molecule has 110 valence electrons. The van der Waals surface area contributed by atoms with Crippen LogP contribution >= 0.6 is 11.6 Å². The van der Waals surface area contributed by atoms with Crippen LogP contribution in [0.3, 0.4) is 0 Å². The van der Waals surface area contributed by atoms with E-state index in [4.69, 9.17) is 21.5 Å². The molecule has 0 saturated carbocycles. The monoisotopic (exact) mass is 301 g/mol. The van der Waals surface area contributed by atoms with Crippen molar-refractivity contribution in [3.8, 4) is 5.75 Å². The van der Waals surface area contributed by atoms with Crippen molar-refractivity contribution in [2.24, 2.45) is 0 Å². The van der Waals surface area contributed by atoms with E-state index >= 15 is 0 Å². The highest BCUT2D eigenvalue weighted by Gasteiger charge is 2.17. The minimum atomic E-state index is -1.18. The Morgan fingerprint density at radius 3 is 2.75 bits per heavy atom. The highest BCUT2D eigenvalue weighted by Crippen LogP contribution is 2.31. The molecule has 0 unspecified atom stereocenters. The SMILES string of the molecule is CCCCOc1c(Cl)cc(CN(O)C=O)cc1C(=O)O. The Bertz CT molecular complexity index is 492. The summed E-state index contributed by atoms with van der Waals surface area (Å²) in [7, 11) is 0. The van der Waals surface area contributed by atoms with Crippen LogP contribution in [0.1, 0.15) is 35.7 Å². The molecule has 0 aromatic heterocycles. The number of nitrogens with zero attached hydrogens (tertiary/aromatic N) is 1. The van der Waals surface area contributed by atoms with Crippen LogP contribution in [-0.4, -0.2) is 34.4 Å². The number of rotatable bonds is 8. The molecule has 0 saturated heterocycles. The zero-order chi connectivity index (χ0) is 15.1. The molecule has 20 heavy (non-hydrogen) atoms. The van der Waals surface area contributed by atoms with E-state index in [2.05, 4.69) is 0 Å². The summed E-state index contributed by atoms with van der Waals surface area (Å²) in [6.07, 6.45) is 1.92. The van der Waals surface area contributed by atoms with Crippen molar-refractivity contribution in [3.63, 3.8) is 0 Å². The van der Waals surface area contributed by atoms with Gasteiger partial charge in [0.1, 0.15) is 5.56 Å². The molecule has 6 nitrogen and oxygen atoms in total. The Kier molecular flexibility index (Phi) is 6.27. The molecule has 7 heteroatoms. The number of carboxylic acid groups (broad SMARTS) is 1. The minimum Gasteiger partial charge on any atom is -0.491 e. The maximum absolute atomic E-state index is 11.2. The molecule has 0 aliphatic heterocycles. The first kappa shape index (κ1) is 16.3. The van der Waals surface area contributed by atoms with Gasteiger partial charge in [0.25, 0.3) is 0 Å². The van der Waals surface area contributed by atoms with Crippen molar-refractivity contribution in [2.45, 2.75) is 26.3 Å². The van der Waals surface area contributed by atoms with E-state index in [0.29, 0.717) is 17.2 Å². The molecule has 0 aliphatic carbocycles. The Balaban J connectivity index is 3.05.